The minimum atomic E-state index is -1.53. The predicted molar refractivity (Wildman–Crippen MR) is 51.8 cm³/mol. The van der Waals surface area contributed by atoms with Gasteiger partial charge in [0.25, 0.3) is 0 Å². The largest absolute Gasteiger partial charge is 0.488 e. The molecule has 5 nitrogen and oxygen atoms in total. The fraction of sp³-hybridized carbons (Fsp3) is 0.125. The second-order valence-electron chi connectivity index (χ2n) is 3.01. The minimum absolute atomic E-state index is 0.179. The van der Waals surface area contributed by atoms with Gasteiger partial charge >= 0.3 is 7.12 Å². The van der Waals surface area contributed by atoms with Gasteiger partial charge in [0.1, 0.15) is 0 Å². The second-order valence-corrected chi connectivity index (χ2v) is 3.01. The van der Waals surface area contributed by atoms with Crippen LogP contribution in [0.3, 0.4) is 0 Å². The highest BCUT2D eigenvalue weighted by Crippen LogP contribution is 2.13. The summed E-state index contributed by atoms with van der Waals surface area (Å²) in [5.74, 6) is 0. The summed E-state index contributed by atoms with van der Waals surface area (Å²) in [4.78, 5) is 6.86. The van der Waals surface area contributed by atoms with Crippen LogP contribution in [0.2, 0.25) is 0 Å². The molecule has 1 heterocycles. The highest BCUT2D eigenvalue weighted by molar-refractivity contribution is 6.58. The van der Waals surface area contributed by atoms with E-state index in [1.165, 1.54) is 12.4 Å². The van der Waals surface area contributed by atoms with Crippen LogP contribution in [0.25, 0.3) is 11.0 Å². The molecular formula is C8H9BN2O3. The van der Waals surface area contributed by atoms with Crippen LogP contribution in [0.4, 0.5) is 0 Å². The van der Waals surface area contributed by atoms with Crippen LogP contribution in [0, 0.1) is 0 Å². The van der Waals surface area contributed by atoms with Gasteiger partial charge in [0.15, 0.2) is 0 Å². The zero-order valence-electron chi connectivity index (χ0n) is 7.31. The number of aliphatic hydroxyl groups is 1. The first-order valence-corrected chi connectivity index (χ1v) is 4.15. The quantitative estimate of drug-likeness (QED) is 0.447. The Morgan fingerprint density at radius 3 is 2.79 bits per heavy atom. The molecule has 2 aromatic rings. The average Bonchev–Trinajstić information content (AvgIpc) is 2.63. The Morgan fingerprint density at radius 1 is 1.36 bits per heavy atom. The number of rotatable bonds is 2. The molecule has 1 aromatic heterocycles. The van der Waals surface area contributed by atoms with Crippen LogP contribution in [-0.4, -0.2) is 32.2 Å². The van der Waals surface area contributed by atoms with Crippen molar-refractivity contribution in [3.8, 4) is 0 Å². The van der Waals surface area contributed by atoms with Crippen molar-refractivity contribution in [1.82, 2.24) is 9.97 Å². The van der Waals surface area contributed by atoms with Crippen LogP contribution >= 0.6 is 0 Å². The molecule has 0 saturated carbocycles. The van der Waals surface area contributed by atoms with Crippen molar-refractivity contribution >= 4 is 23.6 Å². The highest BCUT2D eigenvalue weighted by atomic mass is 16.4. The molecule has 0 spiro atoms. The van der Waals surface area contributed by atoms with Gasteiger partial charge in [0, 0.05) is 5.56 Å². The molecule has 0 radical (unpaired) electrons. The van der Waals surface area contributed by atoms with Crippen molar-refractivity contribution in [2.75, 3.05) is 0 Å². The number of nitrogens with zero attached hydrogens (tertiary/aromatic N) is 1. The molecule has 0 aliphatic rings. The summed E-state index contributed by atoms with van der Waals surface area (Å²) in [7, 11) is -1.53. The third-order valence-electron chi connectivity index (χ3n) is 2.09. The topological polar surface area (TPSA) is 89.4 Å². The number of imidazole rings is 1. The van der Waals surface area contributed by atoms with Crippen molar-refractivity contribution in [1.29, 1.82) is 0 Å². The average molecular weight is 192 g/mol. The Bertz CT molecular complexity index is 455. The van der Waals surface area contributed by atoms with E-state index in [1.54, 1.807) is 6.07 Å². The van der Waals surface area contributed by atoms with Crippen molar-refractivity contribution in [3.63, 3.8) is 0 Å². The number of aromatic amines is 1. The lowest BCUT2D eigenvalue weighted by atomic mass is 9.79. The summed E-state index contributed by atoms with van der Waals surface area (Å²) in [6, 6.07) is 3.11. The van der Waals surface area contributed by atoms with Crippen molar-refractivity contribution in [2.24, 2.45) is 0 Å². The fourth-order valence-electron chi connectivity index (χ4n) is 1.42. The molecule has 0 amide bonds. The van der Waals surface area contributed by atoms with Gasteiger partial charge in [-0.1, -0.05) is 6.07 Å². The zero-order valence-corrected chi connectivity index (χ0v) is 7.31. The third kappa shape index (κ3) is 1.39. The second kappa shape index (κ2) is 3.41. The van der Waals surface area contributed by atoms with Gasteiger partial charge in [-0.25, -0.2) is 4.98 Å². The summed E-state index contributed by atoms with van der Waals surface area (Å²) in [5, 5.41) is 27.0. The van der Waals surface area contributed by atoms with Gasteiger partial charge < -0.3 is 20.1 Å². The van der Waals surface area contributed by atoms with Gasteiger partial charge in [-0.2, -0.15) is 0 Å². The summed E-state index contributed by atoms with van der Waals surface area (Å²) in [6.45, 7) is -0.179. The molecule has 2 rings (SSSR count). The maximum Gasteiger partial charge on any atom is 0.488 e. The summed E-state index contributed by atoms with van der Waals surface area (Å²) in [6.07, 6.45) is 1.50. The molecule has 0 bridgehead atoms. The predicted octanol–water partition coefficient (Wildman–Crippen LogP) is -1.27. The first-order valence-electron chi connectivity index (χ1n) is 4.15. The van der Waals surface area contributed by atoms with Gasteiger partial charge in [0.05, 0.1) is 24.0 Å². The molecule has 72 valence electrons. The molecule has 4 N–H and O–H groups in total. The molecule has 0 aliphatic heterocycles. The lowest BCUT2D eigenvalue weighted by molar-refractivity contribution is 0.283. The Balaban J connectivity index is 2.67. The maximum atomic E-state index is 9.04. The smallest absolute Gasteiger partial charge is 0.423 e. The Labute approximate surface area is 80.2 Å². The molecule has 0 fully saturated rings. The van der Waals surface area contributed by atoms with E-state index in [4.69, 9.17) is 15.2 Å². The van der Waals surface area contributed by atoms with E-state index in [1.807, 2.05) is 0 Å². The van der Waals surface area contributed by atoms with E-state index in [0.29, 0.717) is 22.1 Å². The Kier molecular flexibility index (Phi) is 2.24. The van der Waals surface area contributed by atoms with E-state index in [9.17, 15) is 0 Å². The molecule has 0 saturated heterocycles. The number of benzene rings is 1. The van der Waals surface area contributed by atoms with Crippen LogP contribution in [0.5, 0.6) is 0 Å². The standard InChI is InChI=1S/C8H9BN2O3/c12-3-5-1-6(9(13)14)2-7-8(5)11-4-10-7/h1-2,4,12-14H,3H2,(H,10,11). The van der Waals surface area contributed by atoms with Gasteiger partial charge in [-0.3, -0.25) is 0 Å². The number of H-pyrrole nitrogens is 1. The molecule has 0 aliphatic carbocycles. The van der Waals surface area contributed by atoms with E-state index in [0.717, 1.165) is 0 Å². The molecule has 14 heavy (non-hydrogen) atoms. The highest BCUT2D eigenvalue weighted by Gasteiger charge is 2.14. The maximum absolute atomic E-state index is 9.04. The van der Waals surface area contributed by atoms with Crippen molar-refractivity contribution in [3.05, 3.63) is 24.0 Å². The van der Waals surface area contributed by atoms with E-state index in [2.05, 4.69) is 9.97 Å². The van der Waals surface area contributed by atoms with E-state index < -0.39 is 7.12 Å². The summed E-state index contributed by atoms with van der Waals surface area (Å²) >= 11 is 0. The lowest BCUT2D eigenvalue weighted by Gasteiger charge is -2.03. The number of aromatic nitrogens is 2. The molecule has 1 aromatic carbocycles. The number of hydrogen-bond donors (Lipinski definition) is 4. The lowest BCUT2D eigenvalue weighted by Crippen LogP contribution is -2.30. The Hall–Kier alpha value is -1.37. The third-order valence-corrected chi connectivity index (χ3v) is 2.09. The molecule has 0 atom stereocenters. The molecular weight excluding hydrogens is 183 g/mol. The van der Waals surface area contributed by atoms with Crippen LogP contribution in [0.1, 0.15) is 5.56 Å². The number of aliphatic hydroxyl groups excluding tert-OH is 1. The fourth-order valence-corrected chi connectivity index (χ4v) is 1.42. The summed E-state index contributed by atoms with van der Waals surface area (Å²) in [5.41, 5.74) is 2.24. The molecule has 6 heteroatoms. The van der Waals surface area contributed by atoms with Crippen LogP contribution < -0.4 is 5.46 Å². The van der Waals surface area contributed by atoms with Gasteiger partial charge in [0.2, 0.25) is 0 Å². The van der Waals surface area contributed by atoms with Crippen molar-refractivity contribution < 1.29 is 15.2 Å². The van der Waals surface area contributed by atoms with Crippen LogP contribution in [0.15, 0.2) is 18.5 Å². The van der Waals surface area contributed by atoms with E-state index in [-0.39, 0.29) is 6.61 Å². The van der Waals surface area contributed by atoms with Crippen molar-refractivity contribution in [2.45, 2.75) is 6.61 Å². The summed E-state index contributed by atoms with van der Waals surface area (Å²) < 4.78 is 0. The first-order chi connectivity index (χ1) is 6.72. The number of hydrogen-bond acceptors (Lipinski definition) is 4. The number of nitrogens with one attached hydrogen (secondary N) is 1. The monoisotopic (exact) mass is 192 g/mol. The SMILES string of the molecule is OCc1cc(B(O)O)cc2[nH]cnc12. The first kappa shape index (κ1) is 9.20. The number of fused-ring (bicyclic) bond motifs is 1. The van der Waals surface area contributed by atoms with E-state index >= 15 is 0 Å². The van der Waals surface area contributed by atoms with Gasteiger partial charge in [-0.05, 0) is 11.5 Å². The normalized spacial score (nSPS) is 10.8. The Morgan fingerprint density at radius 2 is 2.14 bits per heavy atom. The van der Waals surface area contributed by atoms with Crippen LogP contribution in [-0.2, 0) is 6.61 Å². The van der Waals surface area contributed by atoms with Gasteiger partial charge in [-0.15, -0.1) is 0 Å². The molecule has 0 unspecified atom stereocenters. The minimum Gasteiger partial charge on any atom is -0.423 e. The zero-order chi connectivity index (χ0) is 10.1.